The number of aliphatic hydroxyl groups excluding tert-OH is 1. The maximum Gasteiger partial charge on any atom is 0.131 e. The molecule has 2 aromatic rings. The Morgan fingerprint density at radius 3 is 2.86 bits per heavy atom. The monoisotopic (exact) mass is 312 g/mol. The molecule has 0 aliphatic carbocycles. The van der Waals surface area contributed by atoms with Crippen molar-refractivity contribution in [2.45, 2.75) is 35.7 Å². The van der Waals surface area contributed by atoms with Crippen LogP contribution < -0.4 is 4.74 Å². The Kier molecular flexibility index (Phi) is 3.81. The molecule has 5 heteroatoms. The number of benzene rings is 1. The lowest BCUT2D eigenvalue weighted by Gasteiger charge is -2.41. The molecular weight excluding hydrogens is 296 g/mol. The van der Waals surface area contributed by atoms with Gasteiger partial charge in [0.1, 0.15) is 17.5 Å². The van der Waals surface area contributed by atoms with Crippen LogP contribution in [-0.2, 0) is 0 Å². The maximum atomic E-state index is 10.7. The van der Waals surface area contributed by atoms with Crippen molar-refractivity contribution in [2.75, 3.05) is 0 Å². The first kappa shape index (κ1) is 14.9. The van der Waals surface area contributed by atoms with E-state index in [9.17, 15) is 5.11 Å². The van der Waals surface area contributed by atoms with Crippen molar-refractivity contribution in [2.24, 2.45) is 0 Å². The third-order valence-electron chi connectivity index (χ3n) is 3.71. The van der Waals surface area contributed by atoms with Gasteiger partial charge in [-0.1, -0.05) is 0 Å². The lowest BCUT2D eigenvalue weighted by atomic mass is 9.90. The molecule has 0 spiro atoms. The van der Waals surface area contributed by atoms with Crippen LogP contribution in [0.5, 0.6) is 5.75 Å². The van der Waals surface area contributed by atoms with Crippen LogP contribution in [0.25, 0.3) is 0 Å². The Hall–Kier alpha value is -2.03. The average molecular weight is 312 g/mol. The second kappa shape index (κ2) is 5.64. The third-order valence-corrected chi connectivity index (χ3v) is 4.99. The normalized spacial score (nSPS) is 22.3. The number of thioether (sulfide) groups is 1. The van der Waals surface area contributed by atoms with Gasteiger partial charge in [0, 0.05) is 22.9 Å². The van der Waals surface area contributed by atoms with E-state index in [0.29, 0.717) is 5.56 Å². The van der Waals surface area contributed by atoms with Crippen molar-refractivity contribution >= 4 is 11.8 Å². The van der Waals surface area contributed by atoms with Gasteiger partial charge < -0.3 is 9.84 Å². The average Bonchev–Trinajstić information content (AvgIpc) is 2.52. The summed E-state index contributed by atoms with van der Waals surface area (Å²) >= 11 is 1.53. The maximum absolute atomic E-state index is 10.7. The molecule has 1 aliphatic rings. The number of pyridine rings is 1. The fraction of sp³-hybridized carbons (Fsp3) is 0.294. The second-order valence-corrected chi connectivity index (χ2v) is 6.96. The quantitative estimate of drug-likeness (QED) is 0.921. The smallest absolute Gasteiger partial charge is 0.131 e. The van der Waals surface area contributed by atoms with E-state index >= 15 is 0 Å². The largest absolute Gasteiger partial charge is 0.485 e. The van der Waals surface area contributed by atoms with Crippen LogP contribution in [0.4, 0.5) is 0 Å². The Morgan fingerprint density at radius 2 is 2.18 bits per heavy atom. The number of hydrogen-bond acceptors (Lipinski definition) is 5. The number of aromatic nitrogens is 1. The molecule has 2 heterocycles. The summed E-state index contributed by atoms with van der Waals surface area (Å²) in [5, 5.41) is 19.6. The van der Waals surface area contributed by atoms with Crippen LogP contribution in [-0.4, -0.2) is 21.8 Å². The topological polar surface area (TPSA) is 66.1 Å². The number of fused-ring (bicyclic) bond motifs is 1. The molecular formula is C17H16N2O2S. The van der Waals surface area contributed by atoms with Crippen LogP contribution in [0.3, 0.4) is 0 Å². The summed E-state index contributed by atoms with van der Waals surface area (Å²) in [5.74, 6) is 0.718. The highest BCUT2D eigenvalue weighted by Gasteiger charge is 2.43. The highest BCUT2D eigenvalue weighted by molar-refractivity contribution is 7.99. The molecule has 1 aliphatic heterocycles. The summed E-state index contributed by atoms with van der Waals surface area (Å²) in [6.45, 7) is 3.74. The molecule has 2 atom stereocenters. The summed E-state index contributed by atoms with van der Waals surface area (Å²) < 4.78 is 5.91. The summed E-state index contributed by atoms with van der Waals surface area (Å²) in [6.07, 6.45) is 2.79. The minimum absolute atomic E-state index is 0.212. The number of rotatable bonds is 2. The molecule has 3 rings (SSSR count). The molecule has 1 aromatic carbocycles. The van der Waals surface area contributed by atoms with E-state index in [2.05, 4.69) is 11.1 Å². The van der Waals surface area contributed by atoms with Gasteiger partial charge in [0.25, 0.3) is 0 Å². The van der Waals surface area contributed by atoms with E-state index in [1.54, 1.807) is 30.6 Å². The van der Waals surface area contributed by atoms with Crippen molar-refractivity contribution in [3.05, 3.63) is 53.9 Å². The fourth-order valence-corrected chi connectivity index (χ4v) is 3.84. The molecule has 112 valence electrons. The Labute approximate surface area is 133 Å². The molecule has 0 saturated carbocycles. The fourth-order valence-electron chi connectivity index (χ4n) is 2.50. The van der Waals surface area contributed by atoms with Gasteiger partial charge in [0.2, 0.25) is 0 Å². The number of nitriles is 1. The molecule has 0 bridgehead atoms. The lowest BCUT2D eigenvalue weighted by molar-refractivity contribution is -0.0429. The van der Waals surface area contributed by atoms with Gasteiger partial charge in [0.15, 0.2) is 0 Å². The summed E-state index contributed by atoms with van der Waals surface area (Å²) in [5.41, 5.74) is 0.715. The first-order valence-electron chi connectivity index (χ1n) is 6.99. The number of hydrogen-bond donors (Lipinski definition) is 1. The minimum Gasteiger partial charge on any atom is -0.485 e. The predicted molar refractivity (Wildman–Crippen MR) is 84.7 cm³/mol. The van der Waals surface area contributed by atoms with Gasteiger partial charge in [-0.3, -0.25) is 4.98 Å². The van der Waals surface area contributed by atoms with Crippen LogP contribution >= 0.6 is 11.8 Å². The van der Waals surface area contributed by atoms with Gasteiger partial charge in [-0.05, 0) is 44.2 Å². The number of ether oxygens (including phenoxy) is 1. The van der Waals surface area contributed by atoms with Gasteiger partial charge >= 0.3 is 0 Å². The zero-order valence-electron chi connectivity index (χ0n) is 12.4. The Balaban J connectivity index is 2.05. The Morgan fingerprint density at radius 1 is 1.36 bits per heavy atom. The molecule has 2 unspecified atom stereocenters. The molecule has 22 heavy (non-hydrogen) atoms. The van der Waals surface area contributed by atoms with Crippen LogP contribution in [0.2, 0.25) is 0 Å². The first-order valence-corrected chi connectivity index (χ1v) is 7.87. The third kappa shape index (κ3) is 2.68. The molecule has 1 aromatic heterocycles. The van der Waals surface area contributed by atoms with E-state index in [1.165, 1.54) is 11.8 Å². The molecule has 0 saturated heterocycles. The van der Waals surface area contributed by atoms with Crippen LogP contribution in [0.15, 0.2) is 47.6 Å². The number of nitrogens with zero attached hydrogens (tertiary/aromatic N) is 2. The SMILES string of the molecule is CC1(C)Oc2ccc(C#N)cc2C(Sc2cccnc2)C1O. The van der Waals surface area contributed by atoms with E-state index in [1.807, 2.05) is 26.0 Å². The van der Waals surface area contributed by atoms with Gasteiger partial charge in [-0.2, -0.15) is 5.26 Å². The van der Waals surface area contributed by atoms with Crippen molar-refractivity contribution < 1.29 is 9.84 Å². The zero-order chi connectivity index (χ0) is 15.7. The summed E-state index contributed by atoms with van der Waals surface area (Å²) in [6, 6.07) is 11.3. The van der Waals surface area contributed by atoms with Gasteiger partial charge in [-0.15, -0.1) is 11.8 Å². The zero-order valence-corrected chi connectivity index (χ0v) is 13.2. The Bertz CT molecular complexity index is 725. The highest BCUT2D eigenvalue weighted by Crippen LogP contribution is 2.49. The second-order valence-electron chi connectivity index (χ2n) is 5.74. The van der Waals surface area contributed by atoms with Crippen LogP contribution in [0.1, 0.15) is 30.2 Å². The molecule has 0 fully saturated rings. The summed E-state index contributed by atoms with van der Waals surface area (Å²) in [7, 11) is 0. The minimum atomic E-state index is -0.695. The molecule has 0 amide bonds. The first-order chi connectivity index (χ1) is 10.5. The van der Waals surface area contributed by atoms with Gasteiger partial charge in [0.05, 0.1) is 16.9 Å². The van der Waals surface area contributed by atoms with Crippen molar-refractivity contribution in [1.82, 2.24) is 4.98 Å². The summed E-state index contributed by atoms with van der Waals surface area (Å²) in [4.78, 5) is 5.09. The molecule has 1 N–H and O–H groups in total. The van der Waals surface area contributed by atoms with Crippen LogP contribution in [0, 0.1) is 11.3 Å². The van der Waals surface area contributed by atoms with E-state index in [0.717, 1.165) is 16.2 Å². The predicted octanol–water partition coefficient (Wildman–Crippen LogP) is 3.32. The molecule has 0 radical (unpaired) electrons. The van der Waals surface area contributed by atoms with E-state index < -0.39 is 11.7 Å². The van der Waals surface area contributed by atoms with E-state index in [4.69, 9.17) is 10.00 Å². The number of aliphatic hydroxyl groups is 1. The van der Waals surface area contributed by atoms with Crippen molar-refractivity contribution in [3.8, 4) is 11.8 Å². The highest BCUT2D eigenvalue weighted by atomic mass is 32.2. The lowest BCUT2D eigenvalue weighted by Crippen LogP contribution is -2.48. The van der Waals surface area contributed by atoms with Crippen molar-refractivity contribution in [3.63, 3.8) is 0 Å². The van der Waals surface area contributed by atoms with Gasteiger partial charge in [-0.25, -0.2) is 0 Å². The van der Waals surface area contributed by atoms with Crippen molar-refractivity contribution in [1.29, 1.82) is 5.26 Å². The van der Waals surface area contributed by atoms with E-state index in [-0.39, 0.29) is 5.25 Å². The standard InChI is InChI=1S/C17H16N2O2S/c1-17(2)16(20)15(22-12-4-3-7-19-10-12)13-8-11(9-18)5-6-14(13)21-17/h3-8,10,15-16,20H,1-2H3. The molecule has 4 nitrogen and oxygen atoms in total.